The van der Waals surface area contributed by atoms with E-state index < -0.39 is 0 Å². The first-order chi connectivity index (χ1) is 9.06. The van der Waals surface area contributed by atoms with Gasteiger partial charge in [0.15, 0.2) is 0 Å². The van der Waals surface area contributed by atoms with Crippen molar-refractivity contribution in [1.82, 2.24) is 5.32 Å². The quantitative estimate of drug-likeness (QED) is 0.835. The van der Waals surface area contributed by atoms with Gasteiger partial charge in [-0.25, -0.2) is 0 Å². The Hall–Kier alpha value is -1.34. The largest absolute Gasteiger partial charge is 0.313 e. The average Bonchev–Trinajstić information content (AvgIpc) is 2.42. The van der Waals surface area contributed by atoms with Crippen LogP contribution in [0.5, 0.6) is 0 Å². The fourth-order valence-corrected chi connectivity index (χ4v) is 2.83. The minimum atomic E-state index is 0.408. The van der Waals surface area contributed by atoms with Gasteiger partial charge in [-0.15, -0.1) is 0 Å². The van der Waals surface area contributed by atoms with E-state index in [0.717, 1.165) is 0 Å². The zero-order chi connectivity index (χ0) is 14.0. The predicted octanol–water partition coefficient (Wildman–Crippen LogP) is 4.70. The lowest BCUT2D eigenvalue weighted by Gasteiger charge is -2.28. The number of fused-ring (bicyclic) bond motifs is 1. The molecule has 102 valence electrons. The van der Waals surface area contributed by atoms with Crippen molar-refractivity contribution in [3.8, 4) is 0 Å². The molecule has 19 heavy (non-hydrogen) atoms. The molecule has 2 rings (SSSR count). The summed E-state index contributed by atoms with van der Waals surface area (Å²) in [6.07, 6.45) is 0. The van der Waals surface area contributed by atoms with Gasteiger partial charge in [0.05, 0.1) is 0 Å². The van der Waals surface area contributed by atoms with E-state index >= 15 is 0 Å². The molecule has 0 spiro atoms. The highest BCUT2D eigenvalue weighted by Crippen LogP contribution is 2.33. The number of nitrogens with one attached hydrogen (secondary N) is 1. The standard InChI is InChI=1S/C18H25N/c1-12(2)14(4)18(19-5)17-11-10-13(3)15-8-6-7-9-16(15)17/h6-12,14,18-19H,1-5H3. The van der Waals surface area contributed by atoms with Crippen molar-refractivity contribution < 1.29 is 0 Å². The summed E-state index contributed by atoms with van der Waals surface area (Å²) in [5.74, 6) is 1.27. The van der Waals surface area contributed by atoms with Crippen molar-refractivity contribution >= 4 is 10.8 Å². The summed E-state index contributed by atoms with van der Waals surface area (Å²) < 4.78 is 0. The van der Waals surface area contributed by atoms with E-state index in [4.69, 9.17) is 0 Å². The molecular weight excluding hydrogens is 230 g/mol. The Kier molecular flexibility index (Phi) is 4.26. The zero-order valence-corrected chi connectivity index (χ0v) is 12.7. The van der Waals surface area contributed by atoms with E-state index in [-0.39, 0.29) is 0 Å². The Balaban J connectivity index is 2.58. The van der Waals surface area contributed by atoms with Crippen LogP contribution in [0.25, 0.3) is 10.8 Å². The van der Waals surface area contributed by atoms with Crippen molar-refractivity contribution in [2.24, 2.45) is 11.8 Å². The monoisotopic (exact) mass is 255 g/mol. The predicted molar refractivity (Wildman–Crippen MR) is 84.5 cm³/mol. The smallest absolute Gasteiger partial charge is 0.0352 e. The van der Waals surface area contributed by atoms with Crippen LogP contribution in [0, 0.1) is 18.8 Å². The molecule has 0 saturated heterocycles. The first-order valence-corrected chi connectivity index (χ1v) is 7.21. The van der Waals surface area contributed by atoms with Crippen LogP contribution in [0.1, 0.15) is 37.9 Å². The highest BCUT2D eigenvalue weighted by atomic mass is 14.9. The van der Waals surface area contributed by atoms with Crippen molar-refractivity contribution in [3.63, 3.8) is 0 Å². The fourth-order valence-electron chi connectivity index (χ4n) is 2.83. The number of hydrogen-bond acceptors (Lipinski definition) is 1. The summed E-state index contributed by atoms with van der Waals surface area (Å²) in [4.78, 5) is 0. The lowest BCUT2D eigenvalue weighted by atomic mass is 9.83. The summed E-state index contributed by atoms with van der Waals surface area (Å²) in [6, 6.07) is 13.7. The number of hydrogen-bond donors (Lipinski definition) is 1. The lowest BCUT2D eigenvalue weighted by Crippen LogP contribution is -2.26. The van der Waals surface area contributed by atoms with Crippen LogP contribution in [-0.4, -0.2) is 7.05 Å². The molecule has 2 aromatic rings. The molecule has 0 aliphatic carbocycles. The second-order valence-electron chi connectivity index (χ2n) is 5.89. The van der Waals surface area contributed by atoms with Crippen molar-refractivity contribution in [2.75, 3.05) is 7.05 Å². The first kappa shape index (κ1) is 14.1. The topological polar surface area (TPSA) is 12.0 Å². The molecule has 1 heteroatoms. The molecule has 1 N–H and O–H groups in total. The molecule has 0 heterocycles. The van der Waals surface area contributed by atoms with Gasteiger partial charge in [0.2, 0.25) is 0 Å². The first-order valence-electron chi connectivity index (χ1n) is 7.21. The van der Waals surface area contributed by atoms with Gasteiger partial charge in [-0.2, -0.15) is 0 Å². The molecule has 0 bridgehead atoms. The van der Waals surface area contributed by atoms with Crippen LogP contribution in [0.2, 0.25) is 0 Å². The minimum Gasteiger partial charge on any atom is -0.313 e. The summed E-state index contributed by atoms with van der Waals surface area (Å²) in [5, 5.41) is 6.27. The van der Waals surface area contributed by atoms with Crippen molar-refractivity contribution in [2.45, 2.75) is 33.7 Å². The Morgan fingerprint density at radius 2 is 1.53 bits per heavy atom. The summed E-state index contributed by atoms with van der Waals surface area (Å²) in [5.41, 5.74) is 2.77. The van der Waals surface area contributed by atoms with Crippen molar-refractivity contribution in [3.05, 3.63) is 47.5 Å². The summed E-state index contributed by atoms with van der Waals surface area (Å²) in [7, 11) is 2.07. The molecule has 2 atom stereocenters. The van der Waals surface area contributed by atoms with Gasteiger partial charge < -0.3 is 5.32 Å². The van der Waals surface area contributed by atoms with Gasteiger partial charge in [0.1, 0.15) is 0 Å². The highest BCUT2D eigenvalue weighted by molar-refractivity contribution is 5.88. The van der Waals surface area contributed by atoms with Crippen molar-refractivity contribution in [1.29, 1.82) is 0 Å². The second-order valence-corrected chi connectivity index (χ2v) is 5.89. The number of benzene rings is 2. The summed E-state index contributed by atoms with van der Waals surface area (Å²) in [6.45, 7) is 9.11. The Labute approximate surface area is 117 Å². The third-order valence-corrected chi connectivity index (χ3v) is 4.40. The highest BCUT2D eigenvalue weighted by Gasteiger charge is 2.22. The van der Waals surface area contributed by atoms with E-state index in [1.165, 1.54) is 21.9 Å². The van der Waals surface area contributed by atoms with E-state index in [1.807, 2.05) is 0 Å². The van der Waals surface area contributed by atoms with Gasteiger partial charge in [-0.1, -0.05) is 57.2 Å². The van der Waals surface area contributed by atoms with Gasteiger partial charge in [0, 0.05) is 6.04 Å². The lowest BCUT2D eigenvalue weighted by molar-refractivity contribution is 0.318. The van der Waals surface area contributed by atoms with E-state index in [1.54, 1.807) is 0 Å². The maximum atomic E-state index is 3.51. The third kappa shape index (κ3) is 2.66. The molecule has 0 amide bonds. The second kappa shape index (κ2) is 5.75. The SMILES string of the molecule is CNC(c1ccc(C)c2ccccc12)C(C)C(C)C. The maximum Gasteiger partial charge on any atom is 0.0352 e. The zero-order valence-electron chi connectivity index (χ0n) is 12.7. The molecule has 0 aliphatic heterocycles. The van der Waals surface area contributed by atoms with E-state index in [0.29, 0.717) is 17.9 Å². The Bertz CT molecular complexity index is 557. The van der Waals surface area contributed by atoms with Crippen LogP contribution in [0.4, 0.5) is 0 Å². The van der Waals surface area contributed by atoms with Gasteiger partial charge >= 0.3 is 0 Å². The average molecular weight is 255 g/mol. The Morgan fingerprint density at radius 3 is 2.11 bits per heavy atom. The van der Waals surface area contributed by atoms with Crippen LogP contribution >= 0.6 is 0 Å². The normalized spacial score (nSPS) is 14.8. The maximum absolute atomic E-state index is 3.51. The van der Waals surface area contributed by atoms with Crippen LogP contribution < -0.4 is 5.32 Å². The fraction of sp³-hybridized carbons (Fsp3) is 0.444. The minimum absolute atomic E-state index is 0.408. The van der Waals surface area contributed by atoms with Gasteiger partial charge in [-0.05, 0) is 47.7 Å². The van der Waals surface area contributed by atoms with Crippen LogP contribution in [0.15, 0.2) is 36.4 Å². The molecule has 0 fully saturated rings. The third-order valence-electron chi connectivity index (χ3n) is 4.40. The molecular formula is C18H25N. The number of rotatable bonds is 4. The van der Waals surface area contributed by atoms with Crippen LogP contribution in [-0.2, 0) is 0 Å². The van der Waals surface area contributed by atoms with Crippen LogP contribution in [0.3, 0.4) is 0 Å². The Morgan fingerprint density at radius 1 is 0.895 bits per heavy atom. The van der Waals surface area contributed by atoms with E-state index in [2.05, 4.69) is 76.5 Å². The molecule has 2 unspecified atom stereocenters. The van der Waals surface area contributed by atoms with E-state index in [9.17, 15) is 0 Å². The number of aryl methyl sites for hydroxylation is 1. The molecule has 1 nitrogen and oxygen atoms in total. The summed E-state index contributed by atoms with van der Waals surface area (Å²) >= 11 is 0. The molecule has 0 aromatic heterocycles. The molecule has 0 saturated carbocycles. The molecule has 0 aliphatic rings. The molecule has 0 radical (unpaired) electrons. The van der Waals surface area contributed by atoms with Gasteiger partial charge in [0.25, 0.3) is 0 Å². The molecule has 2 aromatic carbocycles. The van der Waals surface area contributed by atoms with Gasteiger partial charge in [-0.3, -0.25) is 0 Å².